The van der Waals surface area contributed by atoms with Gasteiger partial charge in [-0.05, 0) is 11.1 Å². The first-order valence-corrected chi connectivity index (χ1v) is 8.65. The van der Waals surface area contributed by atoms with Crippen LogP contribution >= 0.6 is 24.8 Å². The van der Waals surface area contributed by atoms with Crippen molar-refractivity contribution in [2.75, 3.05) is 32.7 Å². The lowest BCUT2D eigenvalue weighted by molar-refractivity contribution is -0.122. The van der Waals surface area contributed by atoms with Crippen LogP contribution in [-0.4, -0.2) is 43.5 Å². The molecule has 1 heterocycles. The molecular formula is C20H27Cl2N3O. The number of piperazine rings is 1. The number of benzene rings is 2. The summed E-state index contributed by atoms with van der Waals surface area (Å²) in [5, 5.41) is 6.54. The normalized spacial score (nSPS) is 14.2. The molecule has 1 saturated heterocycles. The van der Waals surface area contributed by atoms with E-state index in [2.05, 4.69) is 39.8 Å². The van der Waals surface area contributed by atoms with Crippen molar-refractivity contribution in [2.24, 2.45) is 0 Å². The molecule has 0 radical (unpaired) electrons. The summed E-state index contributed by atoms with van der Waals surface area (Å²) in [7, 11) is 0. The molecule has 0 aromatic heterocycles. The van der Waals surface area contributed by atoms with Crippen LogP contribution in [0.25, 0.3) is 0 Å². The number of hydrogen-bond donors (Lipinski definition) is 2. The highest BCUT2D eigenvalue weighted by Gasteiger charge is 2.17. The molecule has 1 amide bonds. The second-order valence-electron chi connectivity index (χ2n) is 6.16. The summed E-state index contributed by atoms with van der Waals surface area (Å²) in [5.74, 6) is 0.103. The maximum atomic E-state index is 12.5. The molecule has 0 atom stereocenters. The minimum absolute atomic E-state index is 0. The van der Waals surface area contributed by atoms with Crippen LogP contribution in [0.1, 0.15) is 23.6 Å². The van der Waals surface area contributed by atoms with E-state index in [1.807, 2.05) is 36.4 Å². The lowest BCUT2D eigenvalue weighted by Crippen LogP contribution is -2.44. The summed E-state index contributed by atoms with van der Waals surface area (Å²) in [4.78, 5) is 14.8. The van der Waals surface area contributed by atoms with E-state index in [4.69, 9.17) is 0 Å². The Bertz CT molecular complexity index is 595. The molecule has 1 aliphatic heterocycles. The molecule has 4 nitrogen and oxygen atoms in total. The van der Waals surface area contributed by atoms with Gasteiger partial charge in [0, 0.05) is 39.1 Å². The number of nitrogens with one attached hydrogen (secondary N) is 2. The van der Waals surface area contributed by atoms with Gasteiger partial charge >= 0.3 is 0 Å². The third-order valence-corrected chi connectivity index (χ3v) is 4.44. The minimum Gasteiger partial charge on any atom is -0.345 e. The standard InChI is InChI=1S/C20H25N3O.2ClH/c24-19(11-14-23-15-12-21-13-16-23)22-20(17-7-3-1-4-8-17)18-9-5-2-6-10-18;;/h1-10,20-21H,11-16H2,(H,22,24);2*1H. The molecule has 1 fully saturated rings. The van der Waals surface area contributed by atoms with Crippen molar-refractivity contribution < 1.29 is 4.79 Å². The van der Waals surface area contributed by atoms with E-state index >= 15 is 0 Å². The highest BCUT2D eigenvalue weighted by molar-refractivity contribution is 5.85. The minimum atomic E-state index is -0.0945. The smallest absolute Gasteiger partial charge is 0.222 e. The molecule has 2 N–H and O–H groups in total. The van der Waals surface area contributed by atoms with Crippen molar-refractivity contribution in [2.45, 2.75) is 12.5 Å². The number of carbonyl (C=O) groups is 1. The molecule has 0 unspecified atom stereocenters. The van der Waals surface area contributed by atoms with E-state index in [1.54, 1.807) is 0 Å². The predicted octanol–water partition coefficient (Wildman–Crippen LogP) is 3.03. The molecule has 0 saturated carbocycles. The Morgan fingerprint density at radius 2 is 1.42 bits per heavy atom. The fraction of sp³-hybridized carbons (Fsp3) is 0.350. The van der Waals surface area contributed by atoms with Gasteiger partial charge < -0.3 is 15.5 Å². The van der Waals surface area contributed by atoms with Crippen molar-refractivity contribution in [3.8, 4) is 0 Å². The zero-order valence-corrected chi connectivity index (χ0v) is 16.4. The van der Waals surface area contributed by atoms with E-state index in [1.165, 1.54) is 0 Å². The first-order valence-electron chi connectivity index (χ1n) is 8.65. The molecule has 2 aromatic carbocycles. The lowest BCUT2D eigenvalue weighted by atomic mass is 9.98. The monoisotopic (exact) mass is 395 g/mol. The number of rotatable bonds is 6. The van der Waals surface area contributed by atoms with Gasteiger partial charge in [-0.15, -0.1) is 24.8 Å². The Kier molecular flexibility index (Phi) is 10.3. The van der Waals surface area contributed by atoms with Crippen LogP contribution in [0.2, 0.25) is 0 Å². The third-order valence-electron chi connectivity index (χ3n) is 4.44. The maximum Gasteiger partial charge on any atom is 0.222 e. The first-order chi connectivity index (χ1) is 11.8. The van der Waals surface area contributed by atoms with E-state index in [9.17, 15) is 4.79 Å². The molecule has 0 bridgehead atoms. The van der Waals surface area contributed by atoms with Crippen LogP contribution in [-0.2, 0) is 4.79 Å². The summed E-state index contributed by atoms with van der Waals surface area (Å²) in [6, 6.07) is 20.2. The van der Waals surface area contributed by atoms with Crippen molar-refractivity contribution in [3.05, 3.63) is 71.8 Å². The largest absolute Gasteiger partial charge is 0.345 e. The van der Waals surface area contributed by atoms with Crippen LogP contribution in [0.15, 0.2) is 60.7 Å². The Labute approximate surface area is 168 Å². The lowest BCUT2D eigenvalue weighted by Gasteiger charge is -2.27. The van der Waals surface area contributed by atoms with Crippen LogP contribution in [0.5, 0.6) is 0 Å². The number of amides is 1. The van der Waals surface area contributed by atoms with Gasteiger partial charge in [0.25, 0.3) is 0 Å². The number of halogens is 2. The van der Waals surface area contributed by atoms with E-state index in [-0.39, 0.29) is 36.8 Å². The molecule has 0 aliphatic carbocycles. The Balaban J connectivity index is 0.00000169. The van der Waals surface area contributed by atoms with Crippen LogP contribution in [0.3, 0.4) is 0 Å². The topological polar surface area (TPSA) is 44.4 Å². The Morgan fingerprint density at radius 3 is 1.92 bits per heavy atom. The SMILES string of the molecule is Cl.Cl.O=C(CCN1CCNCC1)NC(c1ccccc1)c1ccccc1. The number of hydrogen-bond acceptors (Lipinski definition) is 3. The Morgan fingerprint density at radius 1 is 0.923 bits per heavy atom. The molecule has 26 heavy (non-hydrogen) atoms. The van der Waals surface area contributed by atoms with Crippen LogP contribution < -0.4 is 10.6 Å². The third kappa shape index (κ3) is 6.61. The molecular weight excluding hydrogens is 369 g/mol. The maximum absolute atomic E-state index is 12.5. The molecule has 142 valence electrons. The van der Waals surface area contributed by atoms with Crippen LogP contribution in [0, 0.1) is 0 Å². The van der Waals surface area contributed by atoms with Gasteiger partial charge in [0.15, 0.2) is 0 Å². The van der Waals surface area contributed by atoms with E-state index < -0.39 is 0 Å². The quantitative estimate of drug-likeness (QED) is 0.789. The zero-order valence-electron chi connectivity index (χ0n) is 14.8. The molecule has 0 spiro atoms. The van der Waals surface area contributed by atoms with Gasteiger partial charge in [0.05, 0.1) is 6.04 Å². The van der Waals surface area contributed by atoms with E-state index in [0.717, 1.165) is 43.9 Å². The van der Waals surface area contributed by atoms with Crippen molar-refractivity contribution in [3.63, 3.8) is 0 Å². The highest BCUT2D eigenvalue weighted by Crippen LogP contribution is 2.21. The summed E-state index contributed by atoms with van der Waals surface area (Å²) in [5.41, 5.74) is 2.22. The van der Waals surface area contributed by atoms with E-state index in [0.29, 0.717) is 6.42 Å². The zero-order chi connectivity index (χ0) is 16.6. The van der Waals surface area contributed by atoms with Gasteiger partial charge in [-0.25, -0.2) is 0 Å². The first kappa shape index (κ1) is 22.5. The Hall–Kier alpha value is -1.59. The van der Waals surface area contributed by atoms with Gasteiger partial charge in [-0.3, -0.25) is 4.79 Å². The number of carbonyl (C=O) groups excluding carboxylic acids is 1. The number of nitrogens with zero attached hydrogens (tertiary/aromatic N) is 1. The predicted molar refractivity (Wildman–Crippen MR) is 111 cm³/mol. The van der Waals surface area contributed by atoms with Crippen molar-refractivity contribution in [1.29, 1.82) is 0 Å². The highest BCUT2D eigenvalue weighted by atomic mass is 35.5. The molecule has 2 aromatic rings. The van der Waals surface area contributed by atoms with Crippen LogP contribution in [0.4, 0.5) is 0 Å². The fourth-order valence-corrected chi connectivity index (χ4v) is 3.08. The van der Waals surface area contributed by atoms with Gasteiger partial charge in [-0.2, -0.15) is 0 Å². The average molecular weight is 396 g/mol. The summed E-state index contributed by atoms with van der Waals surface area (Å²) >= 11 is 0. The fourth-order valence-electron chi connectivity index (χ4n) is 3.08. The summed E-state index contributed by atoms with van der Waals surface area (Å²) in [6.07, 6.45) is 0.538. The average Bonchev–Trinajstić information content (AvgIpc) is 2.67. The molecule has 6 heteroatoms. The molecule has 1 aliphatic rings. The van der Waals surface area contributed by atoms with Gasteiger partial charge in [0.1, 0.15) is 0 Å². The summed E-state index contributed by atoms with van der Waals surface area (Å²) < 4.78 is 0. The second-order valence-corrected chi connectivity index (χ2v) is 6.16. The molecule has 3 rings (SSSR count). The second kappa shape index (κ2) is 11.9. The van der Waals surface area contributed by atoms with Crippen molar-refractivity contribution in [1.82, 2.24) is 15.5 Å². The van der Waals surface area contributed by atoms with Gasteiger partial charge in [0.2, 0.25) is 5.91 Å². The van der Waals surface area contributed by atoms with Crippen molar-refractivity contribution >= 4 is 30.7 Å². The van der Waals surface area contributed by atoms with Gasteiger partial charge in [-0.1, -0.05) is 60.7 Å². The summed E-state index contributed by atoms with van der Waals surface area (Å²) in [6.45, 7) is 4.89.